The van der Waals surface area contributed by atoms with Crippen LogP contribution in [0.4, 0.5) is 0 Å². The minimum atomic E-state index is 0.433. The highest BCUT2D eigenvalue weighted by Gasteiger charge is 2.38. The Kier molecular flexibility index (Phi) is 5.35. The van der Waals surface area contributed by atoms with E-state index in [4.69, 9.17) is 10.2 Å². The van der Waals surface area contributed by atoms with Gasteiger partial charge in [-0.3, -0.25) is 4.40 Å². The molecule has 3 N–H and O–H groups in total. The van der Waals surface area contributed by atoms with Crippen molar-refractivity contribution >= 4 is 17.8 Å². The molecule has 5 rings (SSSR count). The lowest BCUT2D eigenvalue weighted by atomic mass is 9.98. The summed E-state index contributed by atoms with van der Waals surface area (Å²) < 4.78 is 7.38. The number of imidazole rings is 1. The van der Waals surface area contributed by atoms with Crippen LogP contribution in [0.25, 0.3) is 22.8 Å². The van der Waals surface area contributed by atoms with E-state index in [0.717, 1.165) is 35.4 Å². The number of piperidine rings is 1. The van der Waals surface area contributed by atoms with Crippen LogP contribution in [0.2, 0.25) is 0 Å². The predicted molar refractivity (Wildman–Crippen MR) is 128 cm³/mol. The highest BCUT2D eigenvalue weighted by Crippen LogP contribution is 2.34. The number of benzene rings is 1. The number of fused-ring (bicyclic) bond motifs is 3. The van der Waals surface area contributed by atoms with E-state index in [1.165, 1.54) is 12.8 Å². The van der Waals surface area contributed by atoms with Crippen LogP contribution in [-0.2, 0) is 0 Å². The van der Waals surface area contributed by atoms with Crippen molar-refractivity contribution in [2.24, 2.45) is 10.7 Å². The van der Waals surface area contributed by atoms with Crippen LogP contribution in [0.5, 0.6) is 0 Å². The van der Waals surface area contributed by atoms with Gasteiger partial charge in [-0.15, -0.1) is 0 Å². The zero-order chi connectivity index (χ0) is 22.2. The molecule has 3 aromatic rings. The fourth-order valence-electron chi connectivity index (χ4n) is 5.18. The summed E-state index contributed by atoms with van der Waals surface area (Å²) >= 11 is 0. The van der Waals surface area contributed by atoms with Gasteiger partial charge in [0.2, 0.25) is 0 Å². The first-order chi connectivity index (χ1) is 15.5. The van der Waals surface area contributed by atoms with Crippen LogP contribution >= 0.6 is 0 Å². The Morgan fingerprint density at radius 3 is 2.78 bits per heavy atom. The van der Waals surface area contributed by atoms with E-state index < -0.39 is 0 Å². The number of aryl methyl sites for hydroxylation is 1. The third-order valence-electron chi connectivity index (χ3n) is 6.89. The normalized spacial score (nSPS) is 23.9. The lowest BCUT2D eigenvalue weighted by Crippen LogP contribution is -2.46. The summed E-state index contributed by atoms with van der Waals surface area (Å²) in [6, 6.07) is 9.91. The Labute approximate surface area is 188 Å². The van der Waals surface area contributed by atoms with Crippen LogP contribution in [-0.4, -0.2) is 45.7 Å². The molecule has 0 spiro atoms. The predicted octanol–water partition coefficient (Wildman–Crippen LogP) is 3.96. The molecule has 0 amide bonds. The highest BCUT2D eigenvalue weighted by atomic mass is 16.3. The number of nitrogens with one attached hydrogen (secondary N) is 1. The molecule has 0 radical (unpaired) electrons. The van der Waals surface area contributed by atoms with Gasteiger partial charge in [0.25, 0.3) is 0 Å². The van der Waals surface area contributed by atoms with Crippen LogP contribution in [0.3, 0.4) is 0 Å². The molecular formula is C25H30N6O. The number of aliphatic imine (C=N–C) groups is 1. The summed E-state index contributed by atoms with van der Waals surface area (Å²) in [7, 11) is 2.25. The molecule has 32 heavy (non-hydrogen) atoms. The van der Waals surface area contributed by atoms with Crippen molar-refractivity contribution in [2.75, 3.05) is 7.05 Å². The quantitative estimate of drug-likeness (QED) is 0.579. The first-order valence-corrected chi connectivity index (χ1v) is 11.2. The number of hydrogen-bond donors (Lipinski definition) is 2. The Morgan fingerprint density at radius 1 is 1.28 bits per heavy atom. The first-order valence-electron chi connectivity index (χ1n) is 11.2. The van der Waals surface area contributed by atoms with Crippen molar-refractivity contribution in [1.29, 1.82) is 0 Å². The summed E-state index contributed by atoms with van der Waals surface area (Å²) in [6.07, 6.45) is 11.8. The average Bonchev–Trinajstić information content (AvgIpc) is 3.40. The van der Waals surface area contributed by atoms with Gasteiger partial charge in [0.1, 0.15) is 17.8 Å². The fourth-order valence-corrected chi connectivity index (χ4v) is 5.18. The van der Waals surface area contributed by atoms with Gasteiger partial charge in [-0.25, -0.2) is 4.99 Å². The maximum absolute atomic E-state index is 6.50. The van der Waals surface area contributed by atoms with Gasteiger partial charge in [-0.2, -0.15) is 4.98 Å². The largest absolute Gasteiger partial charge is 0.432 e. The lowest BCUT2D eigenvalue weighted by molar-refractivity contribution is 0.153. The van der Waals surface area contributed by atoms with Gasteiger partial charge < -0.3 is 20.4 Å². The van der Waals surface area contributed by atoms with Crippen LogP contribution < -0.4 is 11.1 Å². The monoisotopic (exact) mass is 430 g/mol. The molecule has 0 unspecified atom stereocenters. The molecule has 2 aromatic heterocycles. The molecule has 166 valence electrons. The van der Waals surface area contributed by atoms with Crippen LogP contribution in [0, 0.1) is 6.92 Å². The van der Waals surface area contributed by atoms with Crippen molar-refractivity contribution < 1.29 is 4.42 Å². The van der Waals surface area contributed by atoms with E-state index in [1.807, 2.05) is 28.8 Å². The van der Waals surface area contributed by atoms with E-state index in [2.05, 4.69) is 46.8 Å². The topological polar surface area (TPSA) is 84.1 Å². The average molecular weight is 431 g/mol. The molecule has 2 aliphatic heterocycles. The fraction of sp³-hybridized carbons (Fsp3) is 0.360. The van der Waals surface area contributed by atoms with Crippen molar-refractivity contribution in [3.8, 4) is 11.3 Å². The van der Waals surface area contributed by atoms with E-state index in [-0.39, 0.29) is 0 Å². The molecular weight excluding hydrogens is 400 g/mol. The second-order valence-corrected chi connectivity index (χ2v) is 8.89. The van der Waals surface area contributed by atoms with Crippen molar-refractivity contribution in [3.63, 3.8) is 0 Å². The first kappa shape index (κ1) is 20.6. The van der Waals surface area contributed by atoms with Crippen molar-refractivity contribution in [1.82, 2.24) is 19.6 Å². The van der Waals surface area contributed by atoms with Gasteiger partial charge in [0.05, 0.1) is 11.4 Å². The molecule has 0 saturated carbocycles. The molecule has 7 heteroatoms. The number of hydrogen-bond acceptors (Lipinski definition) is 6. The minimum Gasteiger partial charge on any atom is -0.432 e. The zero-order valence-electron chi connectivity index (χ0n) is 18.7. The van der Waals surface area contributed by atoms with Gasteiger partial charge >= 0.3 is 5.84 Å². The molecule has 4 heterocycles. The summed E-state index contributed by atoms with van der Waals surface area (Å²) in [5, 5.41) is 3.50. The SMILES string of the molecule is C=C(N=C/C=C(\N)c1c(-c2ccccc2C)nc2occn12)NC1C[C@H]2CC[C@H](C1)N2C. The number of nitrogens with two attached hydrogens (primary N) is 1. The standard InChI is InChI=1S/C25H30N6O/c1-16-6-4-5-7-21(16)23-24(31-12-13-32-25(31)29-23)22(26)10-11-27-17(2)28-18-14-19-8-9-20(15-18)30(19)3/h4-7,10-13,18-20,28H,2,8-9,14-15,26H2,1,3H3/b22-10-,27-11?/t19-,20-/m1/s1. The second kappa shape index (κ2) is 8.31. The second-order valence-electron chi connectivity index (χ2n) is 8.89. The third kappa shape index (κ3) is 3.73. The Morgan fingerprint density at radius 2 is 2.03 bits per heavy atom. The van der Waals surface area contributed by atoms with Gasteiger partial charge in [0.15, 0.2) is 0 Å². The zero-order valence-corrected chi connectivity index (χ0v) is 18.7. The van der Waals surface area contributed by atoms with Crippen molar-refractivity contribution in [3.05, 3.63) is 66.5 Å². The Balaban J connectivity index is 1.34. The molecule has 7 nitrogen and oxygen atoms in total. The molecule has 2 bridgehead atoms. The smallest absolute Gasteiger partial charge is 0.306 e. The van der Waals surface area contributed by atoms with E-state index >= 15 is 0 Å². The van der Waals surface area contributed by atoms with Crippen LogP contribution in [0.15, 0.2) is 64.6 Å². The summed E-state index contributed by atoms with van der Waals surface area (Å²) in [4.78, 5) is 11.7. The number of allylic oxidation sites excluding steroid dienone is 1. The van der Waals surface area contributed by atoms with Crippen molar-refractivity contribution in [2.45, 2.75) is 50.7 Å². The third-order valence-corrected chi connectivity index (χ3v) is 6.89. The van der Waals surface area contributed by atoms with Crippen LogP contribution in [0.1, 0.15) is 36.9 Å². The highest BCUT2D eigenvalue weighted by molar-refractivity contribution is 5.88. The summed E-state index contributed by atoms with van der Waals surface area (Å²) in [5.41, 5.74) is 10.8. The molecule has 0 aliphatic carbocycles. The Hall–Kier alpha value is -3.32. The molecule has 2 saturated heterocycles. The van der Waals surface area contributed by atoms with Gasteiger partial charge in [-0.1, -0.05) is 30.8 Å². The molecule has 2 aliphatic rings. The molecule has 2 fully saturated rings. The maximum Gasteiger partial charge on any atom is 0.306 e. The molecule has 2 atom stereocenters. The number of oxazole rings is 1. The van der Waals surface area contributed by atoms with E-state index in [9.17, 15) is 0 Å². The van der Waals surface area contributed by atoms with Gasteiger partial charge in [-0.05, 0) is 51.3 Å². The lowest BCUT2D eigenvalue weighted by Gasteiger charge is -2.36. The number of rotatable bonds is 6. The number of aromatic nitrogens is 2. The maximum atomic E-state index is 6.50. The van der Waals surface area contributed by atoms with E-state index in [0.29, 0.717) is 35.5 Å². The summed E-state index contributed by atoms with van der Waals surface area (Å²) in [6.45, 7) is 6.15. The minimum absolute atomic E-state index is 0.433. The van der Waals surface area contributed by atoms with E-state index in [1.54, 1.807) is 18.6 Å². The Bertz CT molecular complexity index is 1190. The van der Waals surface area contributed by atoms with Gasteiger partial charge in [0, 0.05) is 36.1 Å². The summed E-state index contributed by atoms with van der Waals surface area (Å²) in [5.74, 6) is 1.18. The molecule has 1 aromatic carbocycles. The number of nitrogens with zero attached hydrogens (tertiary/aromatic N) is 4.